The summed E-state index contributed by atoms with van der Waals surface area (Å²) in [6.45, 7) is 1.98. The second-order valence-electron chi connectivity index (χ2n) is 5.26. The lowest BCUT2D eigenvalue weighted by Crippen LogP contribution is -2.20. The Morgan fingerprint density at radius 3 is 3.09 bits per heavy atom. The highest BCUT2D eigenvalue weighted by molar-refractivity contribution is 6.08. The number of aromatic amines is 1. The van der Waals surface area contributed by atoms with E-state index in [1.807, 2.05) is 12.1 Å². The first-order chi connectivity index (χ1) is 11.1. The molecule has 2 heterocycles. The fourth-order valence-corrected chi connectivity index (χ4v) is 2.19. The van der Waals surface area contributed by atoms with Gasteiger partial charge in [-0.05, 0) is 37.3 Å². The van der Waals surface area contributed by atoms with Crippen molar-refractivity contribution in [2.75, 3.05) is 17.2 Å². The molecule has 0 aliphatic carbocycles. The van der Waals surface area contributed by atoms with E-state index >= 15 is 0 Å². The van der Waals surface area contributed by atoms with Crippen molar-refractivity contribution < 1.29 is 9.90 Å². The van der Waals surface area contributed by atoms with Gasteiger partial charge in [0, 0.05) is 23.8 Å². The summed E-state index contributed by atoms with van der Waals surface area (Å²) in [4.78, 5) is 16.6. The van der Waals surface area contributed by atoms with Crippen LogP contribution in [-0.4, -0.2) is 38.8 Å². The maximum absolute atomic E-state index is 12.5. The van der Waals surface area contributed by atoms with Gasteiger partial charge in [-0.25, -0.2) is 4.98 Å². The van der Waals surface area contributed by atoms with Gasteiger partial charge in [-0.2, -0.15) is 5.10 Å². The molecule has 2 aromatic heterocycles. The quantitative estimate of drug-likeness (QED) is 0.577. The van der Waals surface area contributed by atoms with Crippen LogP contribution in [0.5, 0.6) is 0 Å². The molecule has 23 heavy (non-hydrogen) atoms. The number of H-pyrrole nitrogens is 1. The maximum atomic E-state index is 12.5. The number of fused-ring (bicyclic) bond motifs is 1. The van der Waals surface area contributed by atoms with Gasteiger partial charge in [-0.3, -0.25) is 9.89 Å². The topological polar surface area (TPSA) is 103 Å². The Bertz CT molecular complexity index is 828. The number of carbonyl (C=O) groups excluding carboxylic acids is 1. The SMILES string of the molecule is C[C@@H](O)CNc1ncccc1C(=O)Nc1ccc2[nH]ncc2c1. The van der Waals surface area contributed by atoms with Gasteiger partial charge in [0.15, 0.2) is 0 Å². The van der Waals surface area contributed by atoms with Crippen LogP contribution in [0.1, 0.15) is 17.3 Å². The normalized spacial score (nSPS) is 12.1. The molecule has 0 saturated heterocycles. The Hall–Kier alpha value is -2.93. The Labute approximate surface area is 132 Å². The monoisotopic (exact) mass is 311 g/mol. The summed E-state index contributed by atoms with van der Waals surface area (Å²) in [5.41, 5.74) is 2.00. The van der Waals surface area contributed by atoms with Crippen molar-refractivity contribution in [1.82, 2.24) is 15.2 Å². The summed E-state index contributed by atoms with van der Waals surface area (Å²) in [5.74, 6) is 0.171. The molecule has 1 aromatic carbocycles. The summed E-state index contributed by atoms with van der Waals surface area (Å²) in [7, 11) is 0. The van der Waals surface area contributed by atoms with E-state index in [-0.39, 0.29) is 5.91 Å². The molecule has 0 bridgehead atoms. The maximum Gasteiger partial charge on any atom is 0.259 e. The van der Waals surface area contributed by atoms with Crippen LogP contribution in [0.2, 0.25) is 0 Å². The fourth-order valence-electron chi connectivity index (χ4n) is 2.19. The zero-order chi connectivity index (χ0) is 16.2. The second kappa shape index (κ2) is 6.45. The predicted molar refractivity (Wildman–Crippen MR) is 88.5 cm³/mol. The number of anilines is 2. The van der Waals surface area contributed by atoms with E-state index in [1.54, 1.807) is 37.5 Å². The van der Waals surface area contributed by atoms with Crippen molar-refractivity contribution in [3.8, 4) is 0 Å². The molecule has 0 spiro atoms. The predicted octanol–water partition coefficient (Wildman–Crippen LogP) is 2.00. The highest BCUT2D eigenvalue weighted by Gasteiger charge is 2.13. The lowest BCUT2D eigenvalue weighted by atomic mass is 10.2. The van der Waals surface area contributed by atoms with Crippen LogP contribution in [0.15, 0.2) is 42.7 Å². The van der Waals surface area contributed by atoms with E-state index in [4.69, 9.17) is 0 Å². The highest BCUT2D eigenvalue weighted by Crippen LogP contribution is 2.19. The molecule has 0 saturated carbocycles. The van der Waals surface area contributed by atoms with Crippen LogP contribution in [0.4, 0.5) is 11.5 Å². The van der Waals surface area contributed by atoms with Gasteiger partial charge in [-0.1, -0.05) is 0 Å². The van der Waals surface area contributed by atoms with Gasteiger partial charge in [0.2, 0.25) is 0 Å². The Balaban J connectivity index is 1.79. The largest absolute Gasteiger partial charge is 0.392 e. The van der Waals surface area contributed by atoms with Crippen molar-refractivity contribution in [2.24, 2.45) is 0 Å². The number of hydrogen-bond donors (Lipinski definition) is 4. The third-order valence-corrected chi connectivity index (χ3v) is 3.32. The van der Waals surface area contributed by atoms with Crippen LogP contribution in [0.3, 0.4) is 0 Å². The minimum Gasteiger partial charge on any atom is -0.392 e. The van der Waals surface area contributed by atoms with E-state index < -0.39 is 6.10 Å². The summed E-state index contributed by atoms with van der Waals surface area (Å²) < 4.78 is 0. The van der Waals surface area contributed by atoms with E-state index in [1.165, 1.54) is 0 Å². The molecule has 3 aromatic rings. The van der Waals surface area contributed by atoms with Crippen molar-refractivity contribution in [3.05, 3.63) is 48.3 Å². The minimum atomic E-state index is -0.531. The molecule has 3 rings (SSSR count). The molecule has 1 atom stereocenters. The number of amides is 1. The van der Waals surface area contributed by atoms with Crippen LogP contribution in [0, 0.1) is 0 Å². The first-order valence-electron chi connectivity index (χ1n) is 7.25. The Morgan fingerprint density at radius 1 is 1.39 bits per heavy atom. The first-order valence-corrected chi connectivity index (χ1v) is 7.25. The third-order valence-electron chi connectivity index (χ3n) is 3.32. The van der Waals surface area contributed by atoms with Crippen molar-refractivity contribution in [3.63, 3.8) is 0 Å². The van der Waals surface area contributed by atoms with E-state index in [2.05, 4.69) is 25.8 Å². The van der Waals surface area contributed by atoms with Crippen LogP contribution in [-0.2, 0) is 0 Å². The average Bonchev–Trinajstić information content (AvgIpc) is 3.00. The fraction of sp³-hybridized carbons (Fsp3) is 0.188. The van der Waals surface area contributed by atoms with Crippen molar-refractivity contribution in [1.29, 1.82) is 0 Å². The number of rotatable bonds is 5. The third kappa shape index (κ3) is 3.46. The molecule has 4 N–H and O–H groups in total. The number of aliphatic hydroxyl groups excluding tert-OH is 1. The molecule has 1 amide bonds. The summed E-state index contributed by atoms with van der Waals surface area (Å²) in [5, 5.41) is 22.9. The van der Waals surface area contributed by atoms with Gasteiger partial charge >= 0.3 is 0 Å². The summed E-state index contributed by atoms with van der Waals surface area (Å²) in [6.07, 6.45) is 2.76. The Morgan fingerprint density at radius 2 is 2.26 bits per heavy atom. The number of hydrogen-bond acceptors (Lipinski definition) is 5. The highest BCUT2D eigenvalue weighted by atomic mass is 16.3. The molecule has 0 radical (unpaired) electrons. The Kier molecular flexibility index (Phi) is 4.20. The summed E-state index contributed by atoms with van der Waals surface area (Å²) >= 11 is 0. The van der Waals surface area contributed by atoms with Gasteiger partial charge in [0.25, 0.3) is 5.91 Å². The number of nitrogens with one attached hydrogen (secondary N) is 3. The van der Waals surface area contributed by atoms with Gasteiger partial charge in [0.1, 0.15) is 5.82 Å². The second-order valence-corrected chi connectivity index (χ2v) is 5.26. The number of nitrogens with zero attached hydrogens (tertiary/aromatic N) is 2. The zero-order valence-corrected chi connectivity index (χ0v) is 12.6. The molecule has 7 nitrogen and oxygen atoms in total. The number of aromatic nitrogens is 3. The van der Waals surface area contributed by atoms with E-state index in [0.717, 1.165) is 10.9 Å². The lowest BCUT2D eigenvalue weighted by molar-refractivity contribution is 0.102. The van der Waals surface area contributed by atoms with Crippen LogP contribution in [0.25, 0.3) is 10.9 Å². The molecular formula is C16H17N5O2. The van der Waals surface area contributed by atoms with Gasteiger partial charge < -0.3 is 15.7 Å². The number of benzene rings is 1. The molecule has 0 aliphatic rings. The van der Waals surface area contributed by atoms with E-state index in [0.29, 0.717) is 23.6 Å². The molecule has 0 aliphatic heterocycles. The average molecular weight is 311 g/mol. The smallest absolute Gasteiger partial charge is 0.259 e. The standard InChI is InChI=1S/C16H17N5O2/c1-10(22)8-18-15-13(3-2-6-17-15)16(23)20-12-4-5-14-11(7-12)9-19-21-14/h2-7,9-10,22H,8H2,1H3,(H,17,18)(H,19,21)(H,20,23)/t10-/m1/s1. The minimum absolute atomic E-state index is 0.269. The lowest BCUT2D eigenvalue weighted by Gasteiger charge is -2.12. The number of aliphatic hydroxyl groups is 1. The van der Waals surface area contributed by atoms with Crippen LogP contribution < -0.4 is 10.6 Å². The van der Waals surface area contributed by atoms with Crippen molar-refractivity contribution >= 4 is 28.3 Å². The number of carbonyl (C=O) groups is 1. The molecule has 0 fully saturated rings. The van der Waals surface area contributed by atoms with Crippen molar-refractivity contribution in [2.45, 2.75) is 13.0 Å². The number of pyridine rings is 1. The first kappa shape index (κ1) is 15.0. The molecule has 118 valence electrons. The molecular weight excluding hydrogens is 294 g/mol. The summed E-state index contributed by atoms with van der Waals surface area (Å²) in [6, 6.07) is 8.88. The van der Waals surface area contributed by atoms with E-state index in [9.17, 15) is 9.90 Å². The van der Waals surface area contributed by atoms with Gasteiger partial charge in [0.05, 0.1) is 23.4 Å². The molecule has 7 heteroatoms. The molecule has 0 unspecified atom stereocenters. The zero-order valence-electron chi connectivity index (χ0n) is 12.6. The van der Waals surface area contributed by atoms with Gasteiger partial charge in [-0.15, -0.1) is 0 Å². The van der Waals surface area contributed by atoms with Crippen LogP contribution >= 0.6 is 0 Å².